The van der Waals surface area contributed by atoms with Gasteiger partial charge in [0.1, 0.15) is 12.4 Å². The second-order valence-corrected chi connectivity index (χ2v) is 5.09. The van der Waals surface area contributed by atoms with Crippen molar-refractivity contribution in [1.82, 2.24) is 15.1 Å². The topological polar surface area (TPSA) is 82.2 Å². The molecule has 0 spiro atoms. The Bertz CT molecular complexity index is 627. The lowest BCUT2D eigenvalue weighted by atomic mass is 10.1. The van der Waals surface area contributed by atoms with E-state index in [0.717, 1.165) is 11.1 Å². The van der Waals surface area contributed by atoms with Gasteiger partial charge >= 0.3 is 0 Å². The van der Waals surface area contributed by atoms with Crippen molar-refractivity contribution in [2.75, 3.05) is 24.2 Å². The first kappa shape index (κ1) is 15.4. The van der Waals surface area contributed by atoms with Gasteiger partial charge in [0.05, 0.1) is 18.1 Å². The third-order valence-electron chi connectivity index (χ3n) is 2.78. The van der Waals surface area contributed by atoms with E-state index >= 15 is 0 Å². The Morgan fingerprint density at radius 3 is 2.90 bits per heavy atom. The Morgan fingerprint density at radius 2 is 2.24 bits per heavy atom. The second kappa shape index (κ2) is 7.12. The lowest BCUT2D eigenvalue weighted by molar-refractivity contribution is -0.118. The molecule has 2 aromatic rings. The standard InChI is InChI=1S/C14H17BrN4O2/c1-19-9-11(8-18-19)10-4-12(16)6-13(5-10)21-3-2-17-14(20)7-15/h4-6,8-9H,2-3,7,16H2,1H3,(H,17,20). The largest absolute Gasteiger partial charge is 0.492 e. The van der Waals surface area contributed by atoms with Gasteiger partial charge in [-0.1, -0.05) is 15.9 Å². The van der Waals surface area contributed by atoms with E-state index in [1.165, 1.54) is 0 Å². The summed E-state index contributed by atoms with van der Waals surface area (Å²) >= 11 is 3.08. The lowest BCUT2D eigenvalue weighted by Gasteiger charge is -2.09. The molecule has 1 heterocycles. The first-order chi connectivity index (χ1) is 10.1. The Morgan fingerprint density at radius 1 is 1.43 bits per heavy atom. The third kappa shape index (κ3) is 4.49. The average Bonchev–Trinajstić information content (AvgIpc) is 2.89. The van der Waals surface area contributed by atoms with E-state index in [1.54, 1.807) is 16.9 Å². The van der Waals surface area contributed by atoms with Gasteiger partial charge in [-0.25, -0.2) is 0 Å². The minimum atomic E-state index is -0.0674. The predicted molar refractivity (Wildman–Crippen MR) is 85.4 cm³/mol. The number of amides is 1. The summed E-state index contributed by atoms with van der Waals surface area (Å²) < 4.78 is 7.34. The quantitative estimate of drug-likeness (QED) is 0.469. The zero-order chi connectivity index (χ0) is 15.2. The molecule has 1 aromatic heterocycles. The van der Waals surface area contributed by atoms with Gasteiger partial charge in [0.25, 0.3) is 0 Å². The minimum Gasteiger partial charge on any atom is -0.492 e. The zero-order valence-electron chi connectivity index (χ0n) is 11.7. The lowest BCUT2D eigenvalue weighted by Crippen LogP contribution is -2.28. The SMILES string of the molecule is Cn1cc(-c2cc(N)cc(OCCNC(=O)CBr)c2)cn1. The highest BCUT2D eigenvalue weighted by Gasteiger charge is 2.05. The number of rotatable bonds is 6. The van der Waals surface area contributed by atoms with Crippen LogP contribution < -0.4 is 15.8 Å². The normalized spacial score (nSPS) is 10.4. The highest BCUT2D eigenvalue weighted by Crippen LogP contribution is 2.26. The van der Waals surface area contributed by atoms with Crippen LogP contribution in [0, 0.1) is 0 Å². The maximum Gasteiger partial charge on any atom is 0.230 e. The van der Waals surface area contributed by atoms with E-state index in [1.807, 2.05) is 25.4 Å². The number of nitrogens with two attached hydrogens (primary N) is 1. The number of alkyl halides is 1. The number of nitrogen functional groups attached to an aromatic ring is 1. The fraction of sp³-hybridized carbons (Fsp3) is 0.286. The molecule has 0 aliphatic carbocycles. The molecule has 1 aromatic carbocycles. The molecule has 0 aliphatic heterocycles. The maximum absolute atomic E-state index is 11.1. The van der Waals surface area contributed by atoms with Crippen molar-refractivity contribution in [2.45, 2.75) is 0 Å². The van der Waals surface area contributed by atoms with Gasteiger partial charge in [-0.15, -0.1) is 0 Å². The molecule has 6 nitrogen and oxygen atoms in total. The monoisotopic (exact) mass is 352 g/mol. The van der Waals surface area contributed by atoms with Crippen molar-refractivity contribution >= 4 is 27.5 Å². The van der Waals surface area contributed by atoms with Crippen molar-refractivity contribution in [3.63, 3.8) is 0 Å². The predicted octanol–water partition coefficient (Wildman–Crippen LogP) is 1.56. The van der Waals surface area contributed by atoms with Crippen molar-refractivity contribution in [1.29, 1.82) is 0 Å². The van der Waals surface area contributed by atoms with Crippen LogP contribution in [0.3, 0.4) is 0 Å². The van der Waals surface area contributed by atoms with Crippen LogP contribution in [0.4, 0.5) is 5.69 Å². The molecule has 0 fully saturated rings. The highest BCUT2D eigenvalue weighted by atomic mass is 79.9. The molecule has 112 valence electrons. The molecule has 7 heteroatoms. The van der Waals surface area contributed by atoms with Gasteiger partial charge in [0, 0.05) is 30.6 Å². The van der Waals surface area contributed by atoms with Gasteiger partial charge in [0.15, 0.2) is 0 Å². The van der Waals surface area contributed by atoms with E-state index in [9.17, 15) is 4.79 Å². The third-order valence-corrected chi connectivity index (χ3v) is 3.29. The van der Waals surface area contributed by atoms with Crippen molar-refractivity contribution in [2.24, 2.45) is 7.05 Å². The average molecular weight is 353 g/mol. The summed E-state index contributed by atoms with van der Waals surface area (Å²) in [6, 6.07) is 5.53. The van der Waals surface area contributed by atoms with Crippen LogP contribution in [0.2, 0.25) is 0 Å². The Kier molecular flexibility index (Phi) is 5.21. The van der Waals surface area contributed by atoms with Crippen LogP contribution in [0.5, 0.6) is 5.75 Å². The molecule has 0 aliphatic rings. The fourth-order valence-corrected chi connectivity index (χ4v) is 2.05. The number of carbonyl (C=O) groups excluding carboxylic acids is 1. The van der Waals surface area contributed by atoms with Crippen molar-refractivity contribution in [3.8, 4) is 16.9 Å². The number of benzene rings is 1. The van der Waals surface area contributed by atoms with Crippen LogP contribution in [-0.4, -0.2) is 34.2 Å². The number of carbonyl (C=O) groups is 1. The number of nitrogens with one attached hydrogen (secondary N) is 1. The molecule has 0 unspecified atom stereocenters. The fourth-order valence-electron chi connectivity index (χ4n) is 1.85. The molecule has 0 radical (unpaired) electrons. The first-order valence-corrected chi connectivity index (χ1v) is 7.55. The number of nitrogens with zero attached hydrogens (tertiary/aromatic N) is 2. The van der Waals surface area contributed by atoms with Crippen LogP contribution in [-0.2, 0) is 11.8 Å². The molecular formula is C14H17BrN4O2. The molecule has 3 N–H and O–H groups in total. The van der Waals surface area contributed by atoms with Gasteiger partial charge in [-0.3, -0.25) is 9.48 Å². The Hall–Kier alpha value is -2.02. The van der Waals surface area contributed by atoms with Crippen LogP contribution in [0.15, 0.2) is 30.6 Å². The van der Waals surface area contributed by atoms with Crippen LogP contribution in [0.25, 0.3) is 11.1 Å². The highest BCUT2D eigenvalue weighted by molar-refractivity contribution is 9.09. The van der Waals surface area contributed by atoms with Gasteiger partial charge < -0.3 is 15.8 Å². The van der Waals surface area contributed by atoms with E-state index in [2.05, 4.69) is 26.3 Å². The molecule has 1 amide bonds. The van der Waals surface area contributed by atoms with Crippen molar-refractivity contribution in [3.05, 3.63) is 30.6 Å². The second-order valence-electron chi connectivity index (χ2n) is 4.53. The molecule has 0 saturated heterocycles. The number of aromatic nitrogens is 2. The summed E-state index contributed by atoms with van der Waals surface area (Å²) in [6.07, 6.45) is 3.68. The molecule has 2 rings (SSSR count). The van der Waals surface area contributed by atoms with Gasteiger partial charge in [-0.05, 0) is 17.7 Å². The molecule has 21 heavy (non-hydrogen) atoms. The van der Waals surface area contributed by atoms with Gasteiger partial charge in [-0.2, -0.15) is 5.10 Å². The number of hydrogen-bond donors (Lipinski definition) is 2. The number of ether oxygens (including phenoxy) is 1. The van der Waals surface area contributed by atoms with Crippen LogP contribution >= 0.6 is 15.9 Å². The summed E-state index contributed by atoms with van der Waals surface area (Å²) in [4.78, 5) is 11.1. The minimum absolute atomic E-state index is 0.0674. The number of halogens is 1. The molecular weight excluding hydrogens is 336 g/mol. The van der Waals surface area contributed by atoms with Gasteiger partial charge in [0.2, 0.25) is 5.91 Å². The van der Waals surface area contributed by atoms with Crippen molar-refractivity contribution < 1.29 is 9.53 Å². The molecule has 0 atom stereocenters. The van der Waals surface area contributed by atoms with E-state index in [0.29, 0.717) is 24.6 Å². The number of aryl methyl sites for hydroxylation is 1. The van der Waals surface area contributed by atoms with E-state index < -0.39 is 0 Å². The van der Waals surface area contributed by atoms with E-state index in [4.69, 9.17) is 10.5 Å². The summed E-state index contributed by atoms with van der Waals surface area (Å²) in [5, 5.41) is 7.14. The number of anilines is 1. The van der Waals surface area contributed by atoms with E-state index in [-0.39, 0.29) is 11.2 Å². The smallest absolute Gasteiger partial charge is 0.230 e. The molecule has 0 bridgehead atoms. The number of hydrogen-bond acceptors (Lipinski definition) is 4. The maximum atomic E-state index is 11.1. The van der Waals surface area contributed by atoms with Crippen LogP contribution in [0.1, 0.15) is 0 Å². The zero-order valence-corrected chi connectivity index (χ0v) is 13.3. The summed E-state index contributed by atoms with van der Waals surface area (Å²) in [5.74, 6) is 0.601. The Balaban J connectivity index is 2.00. The summed E-state index contributed by atoms with van der Waals surface area (Å²) in [6.45, 7) is 0.829. The summed E-state index contributed by atoms with van der Waals surface area (Å²) in [5.41, 5.74) is 8.44. The first-order valence-electron chi connectivity index (χ1n) is 6.43. The summed E-state index contributed by atoms with van der Waals surface area (Å²) in [7, 11) is 1.86. The Labute approximate surface area is 131 Å². The molecule has 0 saturated carbocycles.